The third kappa shape index (κ3) is 6.74. The number of unbranched alkanes of at least 4 members (excludes halogenated alkanes) is 1. The van der Waals surface area contributed by atoms with Gasteiger partial charge in [0.2, 0.25) is 5.89 Å². The van der Waals surface area contributed by atoms with Gasteiger partial charge < -0.3 is 20.4 Å². The van der Waals surface area contributed by atoms with Gasteiger partial charge in [-0.1, -0.05) is 26.8 Å². The molecule has 0 radical (unpaired) electrons. The summed E-state index contributed by atoms with van der Waals surface area (Å²) >= 11 is 0. The first-order valence-electron chi connectivity index (χ1n) is 9.03. The van der Waals surface area contributed by atoms with Crippen molar-refractivity contribution < 1.29 is 4.42 Å². The monoisotopic (exact) mass is 358 g/mol. The minimum absolute atomic E-state index is 0.0333. The molecule has 2 aromatic heterocycles. The van der Waals surface area contributed by atoms with Crippen molar-refractivity contribution >= 4 is 11.8 Å². The Hall–Kier alpha value is -2.57. The molecule has 0 aliphatic rings. The second kappa shape index (κ2) is 9.79. The molecule has 7 heteroatoms. The summed E-state index contributed by atoms with van der Waals surface area (Å²) in [6, 6.07) is 5.86. The number of nitrogens with one attached hydrogen (secondary N) is 3. The molecular formula is C19H30N6O. The summed E-state index contributed by atoms with van der Waals surface area (Å²) in [6.07, 6.45) is 5.67. The molecule has 0 amide bonds. The van der Waals surface area contributed by atoms with Crippen molar-refractivity contribution in [1.82, 2.24) is 20.6 Å². The number of aliphatic imine (C=N–C) groups is 1. The van der Waals surface area contributed by atoms with E-state index in [0.29, 0.717) is 12.4 Å². The van der Waals surface area contributed by atoms with Crippen molar-refractivity contribution in [2.75, 3.05) is 25.5 Å². The fourth-order valence-corrected chi connectivity index (χ4v) is 2.26. The van der Waals surface area contributed by atoms with Gasteiger partial charge in [-0.3, -0.25) is 4.99 Å². The number of aromatic nitrogens is 2. The SMILES string of the molecule is CN=C(NCCCCNc1ccccn1)NCc1ncc(C(C)(C)C)o1. The molecule has 0 aliphatic carbocycles. The predicted molar refractivity (Wildman–Crippen MR) is 105 cm³/mol. The summed E-state index contributed by atoms with van der Waals surface area (Å²) in [5.41, 5.74) is -0.0333. The van der Waals surface area contributed by atoms with E-state index in [-0.39, 0.29) is 5.41 Å². The normalized spacial score (nSPS) is 12.1. The molecule has 2 aromatic rings. The molecule has 2 rings (SSSR count). The van der Waals surface area contributed by atoms with Crippen LogP contribution in [0.4, 0.5) is 5.82 Å². The Balaban J connectivity index is 1.61. The lowest BCUT2D eigenvalue weighted by Gasteiger charge is -2.13. The lowest BCUT2D eigenvalue weighted by Crippen LogP contribution is -2.37. The average Bonchev–Trinajstić information content (AvgIpc) is 3.11. The van der Waals surface area contributed by atoms with Crippen LogP contribution in [0.3, 0.4) is 0 Å². The van der Waals surface area contributed by atoms with Gasteiger partial charge >= 0.3 is 0 Å². The molecule has 2 heterocycles. The van der Waals surface area contributed by atoms with Gasteiger partial charge in [-0.05, 0) is 25.0 Å². The highest BCUT2D eigenvalue weighted by Gasteiger charge is 2.19. The minimum atomic E-state index is -0.0333. The quantitative estimate of drug-likeness (QED) is 0.382. The number of guanidine groups is 1. The number of hydrogen-bond acceptors (Lipinski definition) is 5. The number of pyridine rings is 1. The zero-order chi connectivity index (χ0) is 18.8. The van der Waals surface area contributed by atoms with Crippen LogP contribution in [0.2, 0.25) is 0 Å². The Morgan fingerprint density at radius 2 is 1.92 bits per heavy atom. The van der Waals surface area contributed by atoms with Crippen molar-refractivity contribution in [3.8, 4) is 0 Å². The highest BCUT2D eigenvalue weighted by atomic mass is 16.4. The van der Waals surface area contributed by atoms with Crippen molar-refractivity contribution in [3.63, 3.8) is 0 Å². The molecule has 3 N–H and O–H groups in total. The first-order chi connectivity index (χ1) is 12.5. The fourth-order valence-electron chi connectivity index (χ4n) is 2.26. The summed E-state index contributed by atoms with van der Waals surface area (Å²) in [5, 5.41) is 9.83. The molecule has 0 bridgehead atoms. The second-order valence-corrected chi connectivity index (χ2v) is 7.07. The van der Waals surface area contributed by atoms with Crippen molar-refractivity contribution in [2.45, 2.75) is 45.6 Å². The summed E-state index contributed by atoms with van der Waals surface area (Å²) in [6.45, 7) is 8.58. The van der Waals surface area contributed by atoms with Crippen LogP contribution in [-0.2, 0) is 12.0 Å². The highest BCUT2D eigenvalue weighted by Crippen LogP contribution is 2.22. The van der Waals surface area contributed by atoms with Crippen LogP contribution in [0.1, 0.15) is 45.3 Å². The Morgan fingerprint density at radius 3 is 2.58 bits per heavy atom. The van der Waals surface area contributed by atoms with E-state index in [1.165, 1.54) is 0 Å². The molecule has 0 aliphatic heterocycles. The standard InChI is InChI=1S/C19H30N6O/c1-19(2,3)15-13-24-17(26-15)14-25-18(20-4)23-12-8-7-11-22-16-9-5-6-10-21-16/h5-6,9-10,13H,7-8,11-12,14H2,1-4H3,(H,21,22)(H2,20,23,25). The van der Waals surface area contributed by atoms with Gasteiger partial charge in [0.05, 0.1) is 12.7 Å². The zero-order valence-corrected chi connectivity index (χ0v) is 16.2. The van der Waals surface area contributed by atoms with Crippen molar-refractivity contribution in [3.05, 3.63) is 42.2 Å². The largest absolute Gasteiger partial charge is 0.443 e. The lowest BCUT2D eigenvalue weighted by molar-refractivity contribution is 0.379. The molecule has 0 unspecified atom stereocenters. The predicted octanol–water partition coefficient (Wildman–Crippen LogP) is 2.92. The molecule has 0 atom stereocenters. The number of rotatable bonds is 8. The molecule has 0 spiro atoms. The Morgan fingerprint density at radius 1 is 1.12 bits per heavy atom. The van der Waals surface area contributed by atoms with Crippen LogP contribution < -0.4 is 16.0 Å². The first kappa shape index (κ1) is 19.8. The van der Waals surface area contributed by atoms with Gasteiger partial charge in [0.15, 0.2) is 5.96 Å². The highest BCUT2D eigenvalue weighted by molar-refractivity contribution is 5.79. The lowest BCUT2D eigenvalue weighted by atomic mass is 9.94. The smallest absolute Gasteiger partial charge is 0.213 e. The Kier molecular flexibility index (Phi) is 7.44. The van der Waals surface area contributed by atoms with Crippen LogP contribution in [0.25, 0.3) is 0 Å². The number of hydrogen-bond donors (Lipinski definition) is 3. The van der Waals surface area contributed by atoms with Crippen LogP contribution in [0.5, 0.6) is 0 Å². The van der Waals surface area contributed by atoms with Crippen LogP contribution in [0.15, 0.2) is 40.0 Å². The topological polar surface area (TPSA) is 87.4 Å². The van der Waals surface area contributed by atoms with E-state index in [4.69, 9.17) is 4.42 Å². The van der Waals surface area contributed by atoms with Crippen LogP contribution in [-0.4, -0.2) is 36.1 Å². The van der Waals surface area contributed by atoms with Gasteiger partial charge in [0, 0.05) is 31.7 Å². The van der Waals surface area contributed by atoms with Crippen molar-refractivity contribution in [2.24, 2.45) is 4.99 Å². The number of oxazole rings is 1. The van der Waals surface area contributed by atoms with Gasteiger partial charge in [0.25, 0.3) is 0 Å². The molecule has 0 fully saturated rings. The second-order valence-electron chi connectivity index (χ2n) is 7.07. The third-order valence-corrected chi connectivity index (χ3v) is 3.79. The molecular weight excluding hydrogens is 328 g/mol. The third-order valence-electron chi connectivity index (χ3n) is 3.79. The number of anilines is 1. The fraction of sp³-hybridized carbons (Fsp3) is 0.526. The van der Waals surface area contributed by atoms with E-state index in [2.05, 4.69) is 51.7 Å². The maximum Gasteiger partial charge on any atom is 0.213 e. The van der Waals surface area contributed by atoms with Gasteiger partial charge in [-0.15, -0.1) is 0 Å². The molecule has 0 saturated carbocycles. The summed E-state index contributed by atoms with van der Waals surface area (Å²) in [5.74, 6) is 3.21. The Bertz CT molecular complexity index is 675. The van der Waals surface area contributed by atoms with E-state index >= 15 is 0 Å². The molecule has 0 saturated heterocycles. The van der Waals surface area contributed by atoms with E-state index in [0.717, 1.165) is 43.5 Å². The van der Waals surface area contributed by atoms with E-state index in [9.17, 15) is 0 Å². The first-order valence-corrected chi connectivity index (χ1v) is 9.03. The molecule has 142 valence electrons. The maximum atomic E-state index is 5.77. The van der Waals surface area contributed by atoms with E-state index in [1.54, 1.807) is 19.4 Å². The van der Waals surface area contributed by atoms with Crippen LogP contribution >= 0.6 is 0 Å². The zero-order valence-electron chi connectivity index (χ0n) is 16.2. The summed E-state index contributed by atoms with van der Waals surface area (Å²) in [4.78, 5) is 12.8. The van der Waals surface area contributed by atoms with Gasteiger partial charge in [0.1, 0.15) is 11.6 Å². The summed E-state index contributed by atoms with van der Waals surface area (Å²) in [7, 11) is 1.76. The van der Waals surface area contributed by atoms with E-state index < -0.39 is 0 Å². The van der Waals surface area contributed by atoms with E-state index in [1.807, 2.05) is 18.2 Å². The summed E-state index contributed by atoms with van der Waals surface area (Å²) < 4.78 is 5.77. The minimum Gasteiger partial charge on any atom is -0.443 e. The molecule has 26 heavy (non-hydrogen) atoms. The van der Waals surface area contributed by atoms with Crippen molar-refractivity contribution in [1.29, 1.82) is 0 Å². The molecule has 7 nitrogen and oxygen atoms in total. The average molecular weight is 358 g/mol. The maximum absolute atomic E-state index is 5.77. The number of nitrogens with zero attached hydrogens (tertiary/aromatic N) is 3. The van der Waals surface area contributed by atoms with Crippen LogP contribution in [0, 0.1) is 0 Å². The van der Waals surface area contributed by atoms with Gasteiger partial charge in [-0.25, -0.2) is 9.97 Å². The van der Waals surface area contributed by atoms with Gasteiger partial charge in [-0.2, -0.15) is 0 Å². The Labute approximate surface area is 155 Å². The molecule has 0 aromatic carbocycles.